The fraction of sp³-hybridized carbons (Fsp3) is 0.190. The van der Waals surface area contributed by atoms with Gasteiger partial charge in [0.15, 0.2) is 0 Å². The van der Waals surface area contributed by atoms with Crippen molar-refractivity contribution in [2.24, 2.45) is 0 Å². The summed E-state index contributed by atoms with van der Waals surface area (Å²) < 4.78 is 0. The lowest BCUT2D eigenvalue weighted by atomic mass is 10.2. The monoisotopic (exact) mass is 346 g/mol. The van der Waals surface area contributed by atoms with Gasteiger partial charge in [-0.2, -0.15) is 0 Å². The molecule has 1 N–H and O–H groups in total. The van der Waals surface area contributed by atoms with Gasteiger partial charge in [-0.3, -0.25) is 14.8 Å². The van der Waals surface area contributed by atoms with E-state index < -0.39 is 0 Å². The molecule has 5 nitrogen and oxygen atoms in total. The van der Waals surface area contributed by atoms with E-state index in [0.29, 0.717) is 12.1 Å². The molecule has 1 amide bonds. The summed E-state index contributed by atoms with van der Waals surface area (Å²) in [6.45, 7) is 1.34. The molecule has 0 saturated carbocycles. The Balaban J connectivity index is 1.59. The van der Waals surface area contributed by atoms with E-state index in [1.165, 1.54) is 5.56 Å². The molecule has 0 fully saturated rings. The minimum absolute atomic E-state index is 0.120. The number of hydrogen-bond donors (Lipinski definition) is 1. The Bertz CT molecular complexity index is 837. The average Bonchev–Trinajstić information content (AvgIpc) is 2.72. The van der Waals surface area contributed by atoms with E-state index in [2.05, 4.69) is 20.2 Å². The third-order valence-electron chi connectivity index (χ3n) is 4.21. The van der Waals surface area contributed by atoms with Crippen molar-refractivity contribution in [1.82, 2.24) is 15.3 Å². The minimum Gasteiger partial charge on any atom is -0.373 e. The number of carbonyl (C=O) groups excluding carboxylic acids is 1. The molecule has 2 aromatic heterocycles. The molecule has 0 bridgehead atoms. The number of pyridine rings is 2. The van der Waals surface area contributed by atoms with Crippen LogP contribution >= 0.6 is 0 Å². The first-order valence-electron chi connectivity index (χ1n) is 8.59. The molecule has 3 aromatic rings. The number of aromatic nitrogens is 2. The van der Waals surface area contributed by atoms with E-state index in [9.17, 15) is 4.79 Å². The number of anilines is 1. The lowest BCUT2D eigenvalue weighted by molar-refractivity contribution is 0.0950. The Hall–Kier alpha value is -3.21. The highest BCUT2D eigenvalue weighted by atomic mass is 16.1. The fourth-order valence-corrected chi connectivity index (χ4v) is 2.62. The zero-order chi connectivity index (χ0) is 18.2. The van der Waals surface area contributed by atoms with Gasteiger partial charge in [0.25, 0.3) is 5.91 Å². The predicted octanol–water partition coefficient (Wildman–Crippen LogP) is 3.09. The van der Waals surface area contributed by atoms with Gasteiger partial charge in [0.1, 0.15) is 0 Å². The van der Waals surface area contributed by atoms with Gasteiger partial charge in [-0.1, -0.05) is 30.3 Å². The second-order valence-corrected chi connectivity index (χ2v) is 6.13. The number of amides is 1. The van der Waals surface area contributed by atoms with E-state index in [1.807, 2.05) is 55.6 Å². The van der Waals surface area contributed by atoms with E-state index in [0.717, 1.165) is 24.2 Å². The maximum absolute atomic E-state index is 12.4. The quantitative estimate of drug-likeness (QED) is 0.714. The van der Waals surface area contributed by atoms with Crippen molar-refractivity contribution < 1.29 is 4.79 Å². The van der Waals surface area contributed by atoms with E-state index in [-0.39, 0.29) is 5.91 Å². The Morgan fingerprint density at radius 3 is 2.54 bits per heavy atom. The number of nitrogens with zero attached hydrogens (tertiary/aromatic N) is 3. The minimum atomic E-state index is -0.120. The van der Waals surface area contributed by atoms with Crippen molar-refractivity contribution in [1.29, 1.82) is 0 Å². The van der Waals surface area contributed by atoms with E-state index in [1.54, 1.807) is 24.8 Å². The second kappa shape index (κ2) is 8.76. The van der Waals surface area contributed by atoms with Gasteiger partial charge >= 0.3 is 0 Å². The van der Waals surface area contributed by atoms with Crippen LogP contribution in [0.15, 0.2) is 73.3 Å². The number of benzene rings is 1. The van der Waals surface area contributed by atoms with Crippen LogP contribution in [0.5, 0.6) is 0 Å². The smallest absolute Gasteiger partial charge is 0.253 e. The van der Waals surface area contributed by atoms with Crippen LogP contribution in [0.4, 0.5) is 5.69 Å². The first kappa shape index (κ1) is 17.6. The summed E-state index contributed by atoms with van der Waals surface area (Å²) >= 11 is 0. The van der Waals surface area contributed by atoms with Crippen molar-refractivity contribution in [2.45, 2.75) is 13.0 Å². The van der Waals surface area contributed by atoms with Crippen molar-refractivity contribution in [3.05, 3.63) is 90.0 Å². The number of rotatable bonds is 7. The predicted molar refractivity (Wildman–Crippen MR) is 103 cm³/mol. The molecule has 0 spiro atoms. The first-order valence-corrected chi connectivity index (χ1v) is 8.59. The number of hydrogen-bond acceptors (Lipinski definition) is 4. The second-order valence-electron chi connectivity index (χ2n) is 6.13. The highest BCUT2D eigenvalue weighted by molar-refractivity contribution is 5.94. The third kappa shape index (κ3) is 4.89. The summed E-state index contributed by atoms with van der Waals surface area (Å²) in [6, 6.07) is 15.8. The molecule has 0 atom stereocenters. The molecule has 5 heteroatoms. The molecule has 132 valence electrons. The van der Waals surface area contributed by atoms with Crippen molar-refractivity contribution in [3.63, 3.8) is 0 Å². The molecule has 26 heavy (non-hydrogen) atoms. The van der Waals surface area contributed by atoms with Crippen LogP contribution in [0.2, 0.25) is 0 Å². The maximum atomic E-state index is 12.4. The molecule has 0 aliphatic heterocycles. The number of nitrogens with one attached hydrogen (secondary N) is 1. The molecule has 0 radical (unpaired) electrons. The SMILES string of the molecule is CN(CCc1ccncc1)c1cncc(C(=O)NCc2ccccc2)c1. The average molecular weight is 346 g/mol. The Labute approximate surface area is 153 Å². The molecular weight excluding hydrogens is 324 g/mol. The zero-order valence-corrected chi connectivity index (χ0v) is 14.8. The van der Waals surface area contributed by atoms with Gasteiger partial charge in [0.2, 0.25) is 0 Å². The normalized spacial score (nSPS) is 10.3. The largest absolute Gasteiger partial charge is 0.373 e. The van der Waals surface area contributed by atoms with E-state index >= 15 is 0 Å². The maximum Gasteiger partial charge on any atom is 0.253 e. The van der Waals surface area contributed by atoms with Crippen molar-refractivity contribution in [2.75, 3.05) is 18.5 Å². The number of likely N-dealkylation sites (N-methyl/N-ethyl adjacent to an activating group) is 1. The van der Waals surface area contributed by atoms with Gasteiger partial charge in [-0.05, 0) is 35.7 Å². The molecule has 0 aliphatic rings. The standard InChI is InChI=1S/C21H22N4O/c1-25(12-9-17-7-10-22-11-8-17)20-13-19(15-23-16-20)21(26)24-14-18-5-3-2-4-6-18/h2-8,10-11,13,15-16H,9,12,14H2,1H3,(H,24,26). The van der Waals surface area contributed by atoms with Crippen LogP contribution in [0.25, 0.3) is 0 Å². The van der Waals surface area contributed by atoms with Gasteiger partial charge in [0, 0.05) is 38.7 Å². The van der Waals surface area contributed by atoms with Crippen LogP contribution in [0.3, 0.4) is 0 Å². The highest BCUT2D eigenvalue weighted by Gasteiger charge is 2.09. The van der Waals surface area contributed by atoms with Crippen molar-refractivity contribution >= 4 is 11.6 Å². The lowest BCUT2D eigenvalue weighted by Crippen LogP contribution is -2.24. The highest BCUT2D eigenvalue weighted by Crippen LogP contribution is 2.14. The van der Waals surface area contributed by atoms with Gasteiger partial charge in [0.05, 0.1) is 17.4 Å². The summed E-state index contributed by atoms with van der Waals surface area (Å²) in [5.74, 6) is -0.120. The molecule has 3 rings (SSSR count). The van der Waals surface area contributed by atoms with Crippen LogP contribution in [0.1, 0.15) is 21.5 Å². The van der Waals surface area contributed by atoms with Gasteiger partial charge < -0.3 is 10.2 Å². The van der Waals surface area contributed by atoms with Crippen LogP contribution in [-0.2, 0) is 13.0 Å². The summed E-state index contributed by atoms with van der Waals surface area (Å²) in [7, 11) is 2.00. The number of carbonyl (C=O) groups is 1. The first-order chi connectivity index (χ1) is 12.7. The van der Waals surface area contributed by atoms with Gasteiger partial charge in [-0.15, -0.1) is 0 Å². The van der Waals surface area contributed by atoms with Crippen molar-refractivity contribution in [3.8, 4) is 0 Å². The van der Waals surface area contributed by atoms with Crippen LogP contribution in [-0.4, -0.2) is 29.5 Å². The lowest BCUT2D eigenvalue weighted by Gasteiger charge is -2.19. The fourth-order valence-electron chi connectivity index (χ4n) is 2.62. The third-order valence-corrected chi connectivity index (χ3v) is 4.21. The summed E-state index contributed by atoms with van der Waals surface area (Å²) in [6.07, 6.45) is 7.88. The summed E-state index contributed by atoms with van der Waals surface area (Å²) in [5, 5.41) is 2.93. The van der Waals surface area contributed by atoms with Crippen LogP contribution in [0, 0.1) is 0 Å². The van der Waals surface area contributed by atoms with E-state index in [4.69, 9.17) is 0 Å². The Morgan fingerprint density at radius 1 is 1.00 bits per heavy atom. The molecule has 0 saturated heterocycles. The van der Waals surface area contributed by atoms with Gasteiger partial charge in [-0.25, -0.2) is 0 Å². The summed E-state index contributed by atoms with van der Waals surface area (Å²) in [4.78, 5) is 22.8. The molecule has 2 heterocycles. The topological polar surface area (TPSA) is 58.1 Å². The Morgan fingerprint density at radius 2 is 1.77 bits per heavy atom. The molecule has 0 aliphatic carbocycles. The molecule has 0 unspecified atom stereocenters. The molecular formula is C21H22N4O. The Kier molecular flexibility index (Phi) is 5.93. The molecule has 1 aromatic carbocycles. The van der Waals surface area contributed by atoms with Crippen LogP contribution < -0.4 is 10.2 Å². The summed E-state index contributed by atoms with van der Waals surface area (Å²) in [5.41, 5.74) is 3.79. The zero-order valence-electron chi connectivity index (χ0n) is 14.8.